The van der Waals surface area contributed by atoms with Crippen LogP contribution < -0.4 is 24.7 Å². The van der Waals surface area contributed by atoms with Crippen LogP contribution in [-0.4, -0.2) is 94.7 Å². The summed E-state index contributed by atoms with van der Waals surface area (Å²) in [4.78, 5) is 69.9. The topological polar surface area (TPSA) is 212 Å². The fraction of sp³-hybridized carbons (Fsp3) is 0.343. The standard InChI is InChI=1S/C35H30N2O12/c1-37(2)26-25-28(39)18-10-16-15(13-6-7-19-21(8-13)48-11-46-19)9-17(14-4-3-5-20-31(14)49-12-47-20)27(38)22(16)29(40)23(18)32(42)35(25,45)33(43)24(30(26)41)34(36)44/h3-9,18,23-26,28,38-39,45H,10-12H2,1-2H3,(H2,36,44)/t18-,23?,24?,25-,26+,28+,35+/m0/s1. The fourth-order valence-corrected chi connectivity index (χ4v) is 8.35. The Hall–Kier alpha value is -5.31. The molecule has 7 atom stereocenters. The first-order chi connectivity index (χ1) is 23.4. The Kier molecular flexibility index (Phi) is 6.70. The second-order valence-electron chi connectivity index (χ2n) is 13.1. The van der Waals surface area contributed by atoms with Crippen molar-refractivity contribution in [2.45, 2.75) is 24.2 Å². The maximum absolute atomic E-state index is 14.7. The largest absolute Gasteiger partial charge is 0.507 e. The number of aromatic hydroxyl groups is 1. The van der Waals surface area contributed by atoms with Crippen molar-refractivity contribution in [2.24, 2.45) is 29.4 Å². The highest BCUT2D eigenvalue weighted by molar-refractivity contribution is 6.32. The number of rotatable bonds is 4. The number of phenolic OH excluding ortho intramolecular Hbond substituents is 1. The molecule has 8 rings (SSSR count). The number of benzene rings is 3. The number of Topliss-reactive ketones (excluding diaryl/α,β-unsaturated/α-hetero) is 4. The minimum Gasteiger partial charge on any atom is -0.507 e. The van der Waals surface area contributed by atoms with Gasteiger partial charge in [0.15, 0.2) is 57.6 Å². The number of ketones is 4. The van der Waals surface area contributed by atoms with Crippen molar-refractivity contribution in [3.05, 3.63) is 53.6 Å². The number of phenols is 1. The van der Waals surface area contributed by atoms with Crippen molar-refractivity contribution in [1.82, 2.24) is 4.90 Å². The van der Waals surface area contributed by atoms with E-state index in [4.69, 9.17) is 24.7 Å². The Morgan fingerprint density at radius 1 is 0.898 bits per heavy atom. The SMILES string of the molecule is CN(C)[C@H]1C(=O)C(C(N)=O)C(=O)[C@]2(O)C(=O)C3C(=O)c4c(O)c(-c5cccc6c5OCO6)cc(-c5ccc6c(c5)OCO6)c4C[C@@H]3[C@@H](O)[C@H]12. The van der Waals surface area contributed by atoms with E-state index in [-0.39, 0.29) is 31.1 Å². The second-order valence-corrected chi connectivity index (χ2v) is 13.1. The van der Waals surface area contributed by atoms with E-state index in [0.717, 1.165) is 0 Å². The summed E-state index contributed by atoms with van der Waals surface area (Å²) in [5, 5.41) is 35.8. The van der Waals surface area contributed by atoms with Crippen LogP contribution in [0.4, 0.5) is 0 Å². The summed E-state index contributed by atoms with van der Waals surface area (Å²) >= 11 is 0. The highest BCUT2D eigenvalue weighted by Gasteiger charge is 2.72. The van der Waals surface area contributed by atoms with E-state index >= 15 is 0 Å². The van der Waals surface area contributed by atoms with E-state index in [2.05, 4.69) is 0 Å². The third kappa shape index (κ3) is 4.08. The number of likely N-dealkylation sites (N-methyl/N-ethyl adjacent to an activating group) is 1. The van der Waals surface area contributed by atoms with Gasteiger partial charge in [0.05, 0.1) is 29.5 Å². The van der Waals surface area contributed by atoms with E-state index in [1.165, 1.54) is 19.0 Å². The van der Waals surface area contributed by atoms with Gasteiger partial charge in [-0.15, -0.1) is 0 Å². The number of nitrogens with two attached hydrogens (primary N) is 1. The number of primary amides is 1. The zero-order valence-corrected chi connectivity index (χ0v) is 26.2. The smallest absolute Gasteiger partial charge is 0.235 e. The Morgan fingerprint density at radius 3 is 2.35 bits per heavy atom. The van der Waals surface area contributed by atoms with E-state index in [0.29, 0.717) is 45.3 Å². The Morgan fingerprint density at radius 2 is 1.61 bits per heavy atom. The molecular weight excluding hydrogens is 640 g/mol. The number of fused-ring (bicyclic) bond motifs is 5. The molecule has 2 saturated carbocycles. The zero-order chi connectivity index (χ0) is 34.7. The van der Waals surface area contributed by atoms with Gasteiger partial charge in [-0.2, -0.15) is 0 Å². The van der Waals surface area contributed by atoms with Crippen LogP contribution in [0.5, 0.6) is 28.7 Å². The van der Waals surface area contributed by atoms with Crippen LogP contribution in [0.2, 0.25) is 0 Å². The van der Waals surface area contributed by atoms with Crippen molar-refractivity contribution < 1.29 is 58.2 Å². The predicted molar refractivity (Wildman–Crippen MR) is 166 cm³/mol. The molecule has 2 unspecified atom stereocenters. The Bertz CT molecular complexity index is 2040. The molecular formula is C35H30N2O12. The van der Waals surface area contributed by atoms with Gasteiger partial charge in [0.25, 0.3) is 0 Å². The third-order valence-corrected chi connectivity index (χ3v) is 10.5. The first-order valence-corrected chi connectivity index (χ1v) is 15.6. The lowest BCUT2D eigenvalue weighted by atomic mass is 9.51. The molecule has 1 amide bonds. The van der Waals surface area contributed by atoms with Gasteiger partial charge in [0.1, 0.15) is 5.75 Å². The number of para-hydroxylation sites is 1. The third-order valence-electron chi connectivity index (χ3n) is 10.5. The Labute approximate surface area is 277 Å². The number of carbonyl (C=O) groups excluding carboxylic acids is 5. The molecule has 2 heterocycles. The van der Waals surface area contributed by atoms with Gasteiger partial charge in [0, 0.05) is 17.0 Å². The number of aliphatic hydroxyl groups is 2. The molecule has 0 aromatic heterocycles. The van der Waals surface area contributed by atoms with E-state index in [1.54, 1.807) is 42.5 Å². The summed E-state index contributed by atoms with van der Waals surface area (Å²) in [7, 11) is 2.88. The predicted octanol–water partition coefficient (Wildman–Crippen LogP) is 0.629. The molecule has 0 saturated heterocycles. The molecule has 49 heavy (non-hydrogen) atoms. The lowest BCUT2D eigenvalue weighted by Crippen LogP contribution is -2.77. The summed E-state index contributed by atoms with van der Waals surface area (Å²) in [5.41, 5.74) is 3.92. The van der Waals surface area contributed by atoms with Crippen molar-refractivity contribution in [1.29, 1.82) is 0 Å². The number of hydrogen-bond donors (Lipinski definition) is 4. The van der Waals surface area contributed by atoms with Crippen LogP contribution in [0, 0.1) is 23.7 Å². The minimum absolute atomic E-state index is 0.00709. The van der Waals surface area contributed by atoms with Crippen LogP contribution in [0.3, 0.4) is 0 Å². The summed E-state index contributed by atoms with van der Waals surface area (Å²) < 4.78 is 22.3. The molecule has 3 aromatic rings. The number of ether oxygens (including phenoxy) is 4. The molecule has 3 aliphatic carbocycles. The average molecular weight is 671 g/mol. The lowest BCUT2D eigenvalue weighted by Gasteiger charge is -2.54. The van der Waals surface area contributed by atoms with Gasteiger partial charge in [-0.1, -0.05) is 18.2 Å². The molecule has 14 nitrogen and oxygen atoms in total. The van der Waals surface area contributed by atoms with Gasteiger partial charge in [0.2, 0.25) is 19.5 Å². The minimum atomic E-state index is -3.10. The van der Waals surface area contributed by atoms with E-state index in [9.17, 15) is 39.3 Å². The molecule has 2 aliphatic heterocycles. The number of hydrogen-bond acceptors (Lipinski definition) is 13. The van der Waals surface area contributed by atoms with E-state index < -0.39 is 76.2 Å². The summed E-state index contributed by atoms with van der Waals surface area (Å²) in [6.07, 6.45) is -1.93. The molecule has 5 aliphatic rings. The molecule has 14 heteroatoms. The van der Waals surface area contributed by atoms with Gasteiger partial charge >= 0.3 is 0 Å². The highest BCUT2D eigenvalue weighted by Crippen LogP contribution is 2.55. The van der Waals surface area contributed by atoms with Crippen molar-refractivity contribution in [3.8, 4) is 51.0 Å². The van der Waals surface area contributed by atoms with Gasteiger partial charge < -0.3 is 40.0 Å². The normalized spacial score (nSPS) is 29.5. The number of nitrogens with zero attached hydrogens (tertiary/aromatic N) is 1. The van der Waals surface area contributed by atoms with Crippen LogP contribution in [0.1, 0.15) is 15.9 Å². The zero-order valence-electron chi connectivity index (χ0n) is 26.2. The lowest BCUT2D eigenvalue weighted by molar-refractivity contribution is -0.195. The van der Waals surface area contributed by atoms with Crippen LogP contribution in [0.15, 0.2) is 42.5 Å². The maximum atomic E-state index is 14.7. The molecule has 252 valence electrons. The van der Waals surface area contributed by atoms with Crippen molar-refractivity contribution >= 4 is 29.0 Å². The van der Waals surface area contributed by atoms with Crippen LogP contribution in [0.25, 0.3) is 22.3 Å². The molecule has 0 spiro atoms. The van der Waals surface area contributed by atoms with Gasteiger partial charge in [-0.3, -0.25) is 28.9 Å². The summed E-state index contributed by atoms with van der Waals surface area (Å²) in [5.74, 6) is -11.8. The maximum Gasteiger partial charge on any atom is 0.235 e. The first-order valence-electron chi connectivity index (χ1n) is 15.6. The molecule has 0 bridgehead atoms. The van der Waals surface area contributed by atoms with Gasteiger partial charge in [-0.25, -0.2) is 0 Å². The monoisotopic (exact) mass is 670 g/mol. The summed E-state index contributed by atoms with van der Waals surface area (Å²) in [6.45, 7) is -0.0637. The second kappa shape index (κ2) is 10.6. The molecule has 2 fully saturated rings. The quantitative estimate of drug-likeness (QED) is 0.281. The molecule has 3 aromatic carbocycles. The van der Waals surface area contributed by atoms with Crippen LogP contribution in [-0.2, 0) is 25.6 Å². The molecule has 0 radical (unpaired) electrons. The fourth-order valence-electron chi connectivity index (χ4n) is 8.35. The number of aliphatic hydroxyl groups excluding tert-OH is 1. The van der Waals surface area contributed by atoms with Crippen molar-refractivity contribution in [3.63, 3.8) is 0 Å². The number of amides is 1. The average Bonchev–Trinajstić information content (AvgIpc) is 3.74. The van der Waals surface area contributed by atoms with Crippen LogP contribution >= 0.6 is 0 Å². The van der Waals surface area contributed by atoms with Gasteiger partial charge in [-0.05, 0) is 61.5 Å². The first kappa shape index (κ1) is 31.0. The highest BCUT2D eigenvalue weighted by atomic mass is 16.7. The van der Waals surface area contributed by atoms with Crippen molar-refractivity contribution in [2.75, 3.05) is 27.7 Å². The molecule has 5 N–H and O–H groups in total. The number of carbonyl (C=O) groups is 5. The summed E-state index contributed by atoms with van der Waals surface area (Å²) in [6, 6.07) is 10.4. The Balaban J connectivity index is 1.35. The van der Waals surface area contributed by atoms with E-state index in [1.807, 2.05) is 0 Å².